The molecule has 1 aromatic heterocycles. The van der Waals surface area contributed by atoms with Gasteiger partial charge in [-0.05, 0) is 36.6 Å². The highest BCUT2D eigenvalue weighted by atomic mass is 19.1. The summed E-state index contributed by atoms with van der Waals surface area (Å²) in [5.74, 6) is 0.470. The van der Waals surface area contributed by atoms with Gasteiger partial charge in [0.15, 0.2) is 0 Å². The second-order valence-corrected chi connectivity index (χ2v) is 8.12. The van der Waals surface area contributed by atoms with E-state index in [9.17, 15) is 9.18 Å². The molecule has 1 fully saturated rings. The van der Waals surface area contributed by atoms with Crippen LogP contribution < -0.4 is 5.32 Å². The minimum Gasteiger partial charge on any atom is -0.432 e. The highest BCUT2D eigenvalue weighted by Crippen LogP contribution is 2.43. The monoisotopic (exact) mass is 436 g/mol. The molecule has 0 saturated carbocycles. The van der Waals surface area contributed by atoms with E-state index in [4.69, 9.17) is 14.7 Å². The minimum absolute atomic E-state index is 0.200. The van der Waals surface area contributed by atoms with Crippen molar-refractivity contribution in [3.63, 3.8) is 0 Å². The number of hydrogen-bond acceptors (Lipinski definition) is 7. The van der Waals surface area contributed by atoms with Crippen LogP contribution in [0.3, 0.4) is 0 Å². The number of aromatic nitrogens is 2. The van der Waals surface area contributed by atoms with E-state index in [0.29, 0.717) is 18.4 Å². The molecule has 8 nitrogen and oxygen atoms in total. The molecule has 2 unspecified atom stereocenters. The number of amidine groups is 1. The predicted octanol–water partition coefficient (Wildman–Crippen LogP) is 3.38. The van der Waals surface area contributed by atoms with Crippen LogP contribution in [0.4, 0.5) is 10.3 Å². The molecule has 3 aliphatic heterocycles. The van der Waals surface area contributed by atoms with Gasteiger partial charge in [-0.3, -0.25) is 9.69 Å². The first-order valence-electron chi connectivity index (χ1n) is 10.9. The molecule has 2 aromatic rings. The largest absolute Gasteiger partial charge is 0.432 e. The second kappa shape index (κ2) is 8.57. The average molecular weight is 436 g/mol. The number of anilines is 1. The molecule has 32 heavy (non-hydrogen) atoms. The Labute approximate surface area is 185 Å². The smallest absolute Gasteiger partial charge is 0.298 e. The molecule has 3 aliphatic rings. The number of halogens is 1. The summed E-state index contributed by atoms with van der Waals surface area (Å²) >= 11 is 0. The molecular weight excluding hydrogens is 411 g/mol. The Hall–Kier alpha value is -3.49. The standard InChI is InChI=1S/C23H25FN6O2/c1-2-19(31)29-11-8-17(9-12-29)26-22-25-10-7-18(27-22)21-20(15-3-5-16(24)6-4-15)28-23-30(21)13-14-32-23/h3-7,10,13-14,17,20-21H,2,8-9,11-12H2,1H3,(H,25,26,27). The lowest BCUT2D eigenvalue weighted by molar-refractivity contribution is -0.131. The normalized spacial score (nSPS) is 22.5. The lowest BCUT2D eigenvalue weighted by Gasteiger charge is -2.32. The van der Waals surface area contributed by atoms with Crippen molar-refractivity contribution >= 4 is 17.9 Å². The summed E-state index contributed by atoms with van der Waals surface area (Å²) in [6.07, 6.45) is 7.42. The maximum atomic E-state index is 13.5. The van der Waals surface area contributed by atoms with Crippen LogP contribution in [0, 0.1) is 5.82 Å². The van der Waals surface area contributed by atoms with E-state index in [-0.39, 0.29) is 29.8 Å². The first-order valence-corrected chi connectivity index (χ1v) is 10.9. The number of nitrogens with zero attached hydrogens (tertiary/aromatic N) is 5. The Bertz CT molecular complexity index is 1050. The number of rotatable bonds is 5. The molecular formula is C23H25FN6O2. The molecule has 5 rings (SSSR count). The van der Waals surface area contributed by atoms with E-state index in [1.807, 2.05) is 29.0 Å². The molecule has 166 valence electrons. The van der Waals surface area contributed by atoms with Gasteiger partial charge in [0, 0.05) is 37.9 Å². The first-order chi connectivity index (χ1) is 15.6. The maximum absolute atomic E-state index is 13.5. The van der Waals surface area contributed by atoms with Crippen molar-refractivity contribution in [2.24, 2.45) is 4.99 Å². The van der Waals surface area contributed by atoms with Crippen LogP contribution in [-0.4, -0.2) is 50.8 Å². The van der Waals surface area contributed by atoms with Crippen LogP contribution in [0.25, 0.3) is 0 Å². The zero-order valence-electron chi connectivity index (χ0n) is 17.8. The summed E-state index contributed by atoms with van der Waals surface area (Å²) in [6.45, 7) is 3.38. The Morgan fingerprint density at radius 2 is 2.00 bits per heavy atom. The molecule has 1 aromatic carbocycles. The van der Waals surface area contributed by atoms with E-state index in [1.165, 1.54) is 12.1 Å². The van der Waals surface area contributed by atoms with Crippen LogP contribution in [0.1, 0.15) is 49.5 Å². The van der Waals surface area contributed by atoms with E-state index >= 15 is 0 Å². The third-order valence-electron chi connectivity index (χ3n) is 6.14. The van der Waals surface area contributed by atoms with Gasteiger partial charge in [0.25, 0.3) is 6.02 Å². The summed E-state index contributed by atoms with van der Waals surface area (Å²) in [5.41, 5.74) is 1.68. The third kappa shape index (κ3) is 3.90. The van der Waals surface area contributed by atoms with Crippen LogP contribution in [-0.2, 0) is 9.53 Å². The number of amides is 1. The molecule has 1 N–H and O–H groups in total. The van der Waals surface area contributed by atoms with E-state index in [2.05, 4.69) is 10.3 Å². The van der Waals surface area contributed by atoms with Crippen LogP contribution >= 0.6 is 0 Å². The van der Waals surface area contributed by atoms with E-state index in [1.54, 1.807) is 24.6 Å². The lowest BCUT2D eigenvalue weighted by Crippen LogP contribution is -2.42. The van der Waals surface area contributed by atoms with Crippen LogP contribution in [0.5, 0.6) is 0 Å². The van der Waals surface area contributed by atoms with Gasteiger partial charge in [0.2, 0.25) is 11.9 Å². The van der Waals surface area contributed by atoms with Gasteiger partial charge in [-0.1, -0.05) is 19.1 Å². The number of benzene rings is 1. The number of likely N-dealkylation sites (tertiary alicyclic amines) is 1. The number of aliphatic imine (C=N–C) groups is 1. The number of hydrogen-bond donors (Lipinski definition) is 1. The molecule has 0 radical (unpaired) electrons. The molecule has 1 saturated heterocycles. The highest BCUT2D eigenvalue weighted by Gasteiger charge is 2.41. The summed E-state index contributed by atoms with van der Waals surface area (Å²) in [4.78, 5) is 29.7. The molecule has 0 aliphatic carbocycles. The lowest BCUT2D eigenvalue weighted by atomic mass is 9.97. The Kier molecular flexibility index (Phi) is 5.46. The van der Waals surface area contributed by atoms with Crippen molar-refractivity contribution in [3.8, 4) is 0 Å². The fourth-order valence-corrected chi connectivity index (χ4v) is 4.44. The van der Waals surface area contributed by atoms with E-state index in [0.717, 1.165) is 37.2 Å². The van der Waals surface area contributed by atoms with Crippen molar-refractivity contribution < 1.29 is 13.9 Å². The van der Waals surface area contributed by atoms with Gasteiger partial charge in [-0.25, -0.2) is 19.4 Å². The van der Waals surface area contributed by atoms with Gasteiger partial charge in [0.05, 0.1) is 5.69 Å². The number of carbonyl (C=O) groups excluding carboxylic acids is 1. The van der Waals surface area contributed by atoms with Crippen LogP contribution in [0.2, 0.25) is 0 Å². The zero-order valence-corrected chi connectivity index (χ0v) is 17.8. The quantitative estimate of drug-likeness (QED) is 0.774. The fraction of sp³-hybridized carbons (Fsp3) is 0.391. The summed E-state index contributed by atoms with van der Waals surface area (Å²) in [5, 5.41) is 3.43. The molecule has 2 atom stereocenters. The Morgan fingerprint density at radius 3 is 2.75 bits per heavy atom. The predicted molar refractivity (Wildman–Crippen MR) is 117 cm³/mol. The fourth-order valence-electron chi connectivity index (χ4n) is 4.44. The van der Waals surface area contributed by atoms with Crippen molar-refractivity contribution in [2.45, 2.75) is 44.3 Å². The SMILES string of the molecule is CCC(=O)N1CCC(Nc2nccc(C3C(c4ccc(F)cc4)N=C4OC=CN43)n2)CC1. The summed E-state index contributed by atoms with van der Waals surface area (Å²) < 4.78 is 19.0. The number of ether oxygens (including phenoxy) is 1. The molecule has 1 amide bonds. The molecule has 4 heterocycles. The number of carbonyl (C=O) groups is 1. The van der Waals surface area contributed by atoms with Gasteiger partial charge in [-0.2, -0.15) is 0 Å². The summed E-state index contributed by atoms with van der Waals surface area (Å²) in [6, 6.07) is 8.46. The van der Waals surface area contributed by atoms with Crippen molar-refractivity contribution in [3.05, 3.63) is 66.1 Å². The maximum Gasteiger partial charge on any atom is 0.298 e. The van der Waals surface area contributed by atoms with Crippen molar-refractivity contribution in [1.82, 2.24) is 19.8 Å². The second-order valence-electron chi connectivity index (χ2n) is 8.12. The minimum atomic E-state index is -0.284. The van der Waals surface area contributed by atoms with Crippen molar-refractivity contribution in [1.29, 1.82) is 0 Å². The summed E-state index contributed by atoms with van der Waals surface area (Å²) in [7, 11) is 0. The first kappa shape index (κ1) is 20.4. The Balaban J connectivity index is 1.34. The molecule has 0 bridgehead atoms. The molecule has 0 spiro atoms. The third-order valence-corrected chi connectivity index (χ3v) is 6.14. The van der Waals surface area contributed by atoms with Crippen molar-refractivity contribution in [2.75, 3.05) is 18.4 Å². The topological polar surface area (TPSA) is 83.0 Å². The van der Waals surface area contributed by atoms with Gasteiger partial charge >= 0.3 is 0 Å². The zero-order chi connectivity index (χ0) is 22.1. The van der Waals surface area contributed by atoms with E-state index < -0.39 is 0 Å². The van der Waals surface area contributed by atoms with Gasteiger partial charge in [-0.15, -0.1) is 0 Å². The van der Waals surface area contributed by atoms with Crippen LogP contribution in [0.15, 0.2) is 54.0 Å². The number of nitrogens with one attached hydrogen (secondary N) is 1. The number of piperidine rings is 1. The van der Waals surface area contributed by atoms with Gasteiger partial charge < -0.3 is 15.0 Å². The highest BCUT2D eigenvalue weighted by molar-refractivity contribution is 5.80. The average Bonchev–Trinajstić information content (AvgIpc) is 3.41. The number of fused-ring (bicyclic) bond motifs is 1. The molecule has 9 heteroatoms. The van der Waals surface area contributed by atoms with Gasteiger partial charge in [0.1, 0.15) is 24.2 Å². The Morgan fingerprint density at radius 1 is 1.22 bits per heavy atom.